The third kappa shape index (κ3) is 3.12. The van der Waals surface area contributed by atoms with Gasteiger partial charge in [-0.2, -0.15) is 0 Å². The lowest BCUT2D eigenvalue weighted by molar-refractivity contribution is 0.354. The Kier molecular flexibility index (Phi) is 3.87. The fourth-order valence-corrected chi connectivity index (χ4v) is 2.90. The minimum absolute atomic E-state index is 0.994. The summed E-state index contributed by atoms with van der Waals surface area (Å²) in [6.07, 6.45) is 14.4. The van der Waals surface area contributed by atoms with Crippen molar-refractivity contribution in [1.29, 1.82) is 0 Å². The molecule has 1 aliphatic heterocycles. The minimum atomic E-state index is 0.994. The average molecular weight is 205 g/mol. The fourth-order valence-electron chi connectivity index (χ4n) is 2.90. The maximum atomic E-state index is 3.79. The van der Waals surface area contributed by atoms with E-state index in [1.165, 1.54) is 51.5 Å². The average Bonchev–Trinajstić information content (AvgIpc) is 2.68. The van der Waals surface area contributed by atoms with E-state index in [1.807, 2.05) is 6.08 Å². The molecule has 0 saturated heterocycles. The predicted molar refractivity (Wildman–Crippen MR) is 65.7 cm³/mol. The lowest BCUT2D eigenvalue weighted by atomic mass is 9.84. The Morgan fingerprint density at radius 2 is 2.13 bits per heavy atom. The quantitative estimate of drug-likeness (QED) is 0.632. The van der Waals surface area contributed by atoms with Gasteiger partial charge >= 0.3 is 0 Å². The molecule has 1 fully saturated rings. The van der Waals surface area contributed by atoms with Crippen LogP contribution in [0, 0.1) is 5.92 Å². The van der Waals surface area contributed by atoms with E-state index in [0.29, 0.717) is 0 Å². The molecule has 1 aliphatic carbocycles. The molecule has 0 atom stereocenters. The second kappa shape index (κ2) is 5.39. The normalized spacial score (nSPS) is 22.9. The Morgan fingerprint density at radius 1 is 1.33 bits per heavy atom. The van der Waals surface area contributed by atoms with Crippen LogP contribution in [0.1, 0.15) is 44.9 Å². The topological polar surface area (TPSA) is 3.24 Å². The molecule has 0 N–H and O–H groups in total. The standard InChI is InChI=1S/C14H23N/c1-2-9-15-10-8-14(12-15)11-13-6-4-3-5-7-13/h2,12-13H,1,3-11H2. The van der Waals surface area contributed by atoms with E-state index >= 15 is 0 Å². The number of nitrogens with zero attached hydrogens (tertiary/aromatic N) is 1. The fraction of sp³-hybridized carbons (Fsp3) is 0.714. The van der Waals surface area contributed by atoms with Crippen molar-refractivity contribution in [2.24, 2.45) is 5.92 Å². The molecule has 0 spiro atoms. The SMILES string of the molecule is C=CCN1C=C(CC2CCCCC2)CC1. The summed E-state index contributed by atoms with van der Waals surface area (Å²) >= 11 is 0. The van der Waals surface area contributed by atoms with Crippen molar-refractivity contribution in [2.75, 3.05) is 13.1 Å². The second-order valence-corrected chi connectivity index (χ2v) is 5.03. The number of hydrogen-bond donors (Lipinski definition) is 0. The first kappa shape index (κ1) is 10.8. The van der Waals surface area contributed by atoms with Crippen molar-refractivity contribution in [2.45, 2.75) is 44.9 Å². The highest BCUT2D eigenvalue weighted by Gasteiger charge is 2.18. The minimum Gasteiger partial charge on any atom is -0.373 e. The Labute approximate surface area is 93.9 Å². The van der Waals surface area contributed by atoms with Gasteiger partial charge in [-0.05, 0) is 25.0 Å². The van der Waals surface area contributed by atoms with Crippen molar-refractivity contribution in [3.05, 3.63) is 24.4 Å². The van der Waals surface area contributed by atoms with Crippen LogP contribution >= 0.6 is 0 Å². The second-order valence-electron chi connectivity index (χ2n) is 5.03. The van der Waals surface area contributed by atoms with Crippen molar-refractivity contribution >= 4 is 0 Å². The van der Waals surface area contributed by atoms with E-state index in [9.17, 15) is 0 Å². The molecule has 0 unspecified atom stereocenters. The van der Waals surface area contributed by atoms with Crippen LogP contribution in [0.2, 0.25) is 0 Å². The maximum absolute atomic E-state index is 3.79. The maximum Gasteiger partial charge on any atom is 0.0351 e. The smallest absolute Gasteiger partial charge is 0.0351 e. The summed E-state index contributed by atoms with van der Waals surface area (Å²) in [4.78, 5) is 2.39. The molecular formula is C14H23N. The lowest BCUT2D eigenvalue weighted by Crippen LogP contribution is -2.13. The molecule has 0 aromatic heterocycles. The molecule has 0 bridgehead atoms. The molecule has 1 heterocycles. The molecule has 1 saturated carbocycles. The largest absolute Gasteiger partial charge is 0.373 e. The number of rotatable bonds is 4. The highest BCUT2D eigenvalue weighted by atomic mass is 15.1. The van der Waals surface area contributed by atoms with E-state index in [4.69, 9.17) is 0 Å². The molecular weight excluding hydrogens is 182 g/mol. The van der Waals surface area contributed by atoms with Crippen molar-refractivity contribution in [3.63, 3.8) is 0 Å². The Morgan fingerprint density at radius 3 is 2.87 bits per heavy atom. The zero-order valence-corrected chi connectivity index (χ0v) is 9.75. The van der Waals surface area contributed by atoms with Crippen LogP contribution in [0.25, 0.3) is 0 Å². The molecule has 2 rings (SSSR count). The predicted octanol–water partition coefficient (Wildman–Crippen LogP) is 3.73. The van der Waals surface area contributed by atoms with Crippen LogP contribution in [0.15, 0.2) is 24.4 Å². The van der Waals surface area contributed by atoms with Gasteiger partial charge in [-0.1, -0.05) is 43.8 Å². The van der Waals surface area contributed by atoms with E-state index < -0.39 is 0 Å². The van der Waals surface area contributed by atoms with E-state index in [2.05, 4.69) is 17.7 Å². The zero-order valence-electron chi connectivity index (χ0n) is 9.75. The van der Waals surface area contributed by atoms with Crippen molar-refractivity contribution in [3.8, 4) is 0 Å². The molecule has 1 heteroatoms. The highest BCUT2D eigenvalue weighted by Crippen LogP contribution is 2.31. The van der Waals surface area contributed by atoms with Gasteiger partial charge in [-0.25, -0.2) is 0 Å². The summed E-state index contributed by atoms with van der Waals surface area (Å²) in [7, 11) is 0. The van der Waals surface area contributed by atoms with Crippen LogP contribution in [0.5, 0.6) is 0 Å². The van der Waals surface area contributed by atoms with Gasteiger partial charge in [0.1, 0.15) is 0 Å². The van der Waals surface area contributed by atoms with Crippen LogP contribution in [0.3, 0.4) is 0 Å². The third-order valence-corrected chi connectivity index (χ3v) is 3.72. The first-order valence-corrected chi connectivity index (χ1v) is 6.43. The van der Waals surface area contributed by atoms with Gasteiger partial charge in [0.2, 0.25) is 0 Å². The molecule has 15 heavy (non-hydrogen) atoms. The van der Waals surface area contributed by atoms with Gasteiger partial charge in [0, 0.05) is 13.1 Å². The Balaban J connectivity index is 1.79. The summed E-state index contributed by atoms with van der Waals surface area (Å²) in [5.41, 5.74) is 1.68. The first-order valence-electron chi connectivity index (χ1n) is 6.43. The summed E-state index contributed by atoms with van der Waals surface area (Å²) in [6.45, 7) is 6.03. The molecule has 84 valence electrons. The Bertz CT molecular complexity index is 236. The zero-order chi connectivity index (χ0) is 10.5. The summed E-state index contributed by atoms with van der Waals surface area (Å²) < 4.78 is 0. The van der Waals surface area contributed by atoms with Crippen LogP contribution in [0.4, 0.5) is 0 Å². The van der Waals surface area contributed by atoms with Crippen molar-refractivity contribution < 1.29 is 0 Å². The number of hydrogen-bond acceptors (Lipinski definition) is 1. The van der Waals surface area contributed by atoms with Crippen molar-refractivity contribution in [1.82, 2.24) is 4.90 Å². The summed E-state index contributed by atoms with van der Waals surface area (Å²) in [5, 5.41) is 0. The highest BCUT2D eigenvalue weighted by molar-refractivity contribution is 5.09. The molecule has 1 nitrogen and oxygen atoms in total. The lowest BCUT2D eigenvalue weighted by Gasteiger charge is -2.21. The molecule has 0 radical (unpaired) electrons. The van der Waals surface area contributed by atoms with E-state index in [0.717, 1.165) is 12.5 Å². The van der Waals surface area contributed by atoms with Gasteiger partial charge in [-0.3, -0.25) is 0 Å². The molecule has 2 aliphatic rings. The van der Waals surface area contributed by atoms with Gasteiger partial charge < -0.3 is 4.90 Å². The van der Waals surface area contributed by atoms with E-state index in [-0.39, 0.29) is 0 Å². The summed E-state index contributed by atoms with van der Waals surface area (Å²) in [6, 6.07) is 0. The van der Waals surface area contributed by atoms with Gasteiger partial charge in [0.25, 0.3) is 0 Å². The molecule has 0 amide bonds. The molecule has 0 aromatic rings. The first-order chi connectivity index (χ1) is 7.38. The van der Waals surface area contributed by atoms with Gasteiger partial charge in [0.15, 0.2) is 0 Å². The van der Waals surface area contributed by atoms with Crippen LogP contribution in [-0.4, -0.2) is 18.0 Å². The summed E-state index contributed by atoms with van der Waals surface area (Å²) in [5.74, 6) is 0.994. The Hall–Kier alpha value is -0.720. The third-order valence-electron chi connectivity index (χ3n) is 3.72. The van der Waals surface area contributed by atoms with Gasteiger partial charge in [0.05, 0.1) is 0 Å². The van der Waals surface area contributed by atoms with Crippen LogP contribution in [-0.2, 0) is 0 Å². The monoisotopic (exact) mass is 205 g/mol. The van der Waals surface area contributed by atoms with Gasteiger partial charge in [-0.15, -0.1) is 6.58 Å². The van der Waals surface area contributed by atoms with Crippen LogP contribution < -0.4 is 0 Å². The van der Waals surface area contributed by atoms with E-state index in [1.54, 1.807) is 5.57 Å². The molecule has 0 aromatic carbocycles.